The van der Waals surface area contributed by atoms with E-state index >= 15 is 0 Å². The molecule has 184 valence electrons. The SMILES string of the molecule is C[C@@H]1CN(C(=O)CC(c2ccc(Cl)cc2)N(CCCl)C(N)=O)[C@@H](C)CN1Cc1ccc(F)cc1. The van der Waals surface area contributed by atoms with Crippen LogP contribution in [0.1, 0.15) is 37.4 Å². The topological polar surface area (TPSA) is 69.9 Å². The van der Waals surface area contributed by atoms with Crippen LogP contribution in [0, 0.1) is 5.82 Å². The third kappa shape index (κ3) is 6.62. The summed E-state index contributed by atoms with van der Waals surface area (Å²) in [5, 5.41) is 0.566. The number of hydrogen-bond acceptors (Lipinski definition) is 3. The lowest BCUT2D eigenvalue weighted by molar-refractivity contribution is -0.138. The zero-order valence-electron chi connectivity index (χ0n) is 19.5. The average molecular weight is 509 g/mol. The van der Waals surface area contributed by atoms with Crippen molar-refractivity contribution in [2.45, 2.75) is 44.9 Å². The summed E-state index contributed by atoms with van der Waals surface area (Å²) in [5.74, 6) is -0.104. The summed E-state index contributed by atoms with van der Waals surface area (Å²) in [4.78, 5) is 31.3. The molecular weight excluding hydrogens is 478 g/mol. The summed E-state index contributed by atoms with van der Waals surface area (Å²) in [6.45, 7) is 6.26. The maximum absolute atomic E-state index is 13.5. The fraction of sp³-hybridized carbons (Fsp3) is 0.440. The molecule has 34 heavy (non-hydrogen) atoms. The van der Waals surface area contributed by atoms with Gasteiger partial charge in [0.1, 0.15) is 5.82 Å². The minimum atomic E-state index is -0.626. The van der Waals surface area contributed by atoms with Crippen LogP contribution in [0.15, 0.2) is 48.5 Å². The van der Waals surface area contributed by atoms with Gasteiger partial charge in [-0.1, -0.05) is 35.9 Å². The first-order valence-corrected chi connectivity index (χ1v) is 12.3. The second-order valence-corrected chi connectivity index (χ2v) is 9.61. The van der Waals surface area contributed by atoms with E-state index in [4.69, 9.17) is 28.9 Å². The quantitative estimate of drug-likeness (QED) is 0.527. The van der Waals surface area contributed by atoms with Crippen LogP contribution in [0.2, 0.25) is 5.02 Å². The monoisotopic (exact) mass is 508 g/mol. The number of carbonyl (C=O) groups excluding carboxylic acids is 2. The van der Waals surface area contributed by atoms with Gasteiger partial charge < -0.3 is 15.5 Å². The molecule has 2 aromatic carbocycles. The van der Waals surface area contributed by atoms with Crippen molar-refractivity contribution in [3.8, 4) is 0 Å². The molecule has 6 nitrogen and oxygen atoms in total. The minimum Gasteiger partial charge on any atom is -0.351 e. The summed E-state index contributed by atoms with van der Waals surface area (Å²) in [6, 6.07) is 12.5. The number of amides is 3. The molecule has 0 radical (unpaired) electrons. The Bertz CT molecular complexity index is 974. The molecule has 3 atom stereocenters. The average Bonchev–Trinajstić information content (AvgIpc) is 2.80. The Balaban J connectivity index is 1.73. The van der Waals surface area contributed by atoms with Gasteiger partial charge in [0.2, 0.25) is 5.91 Å². The first-order chi connectivity index (χ1) is 16.2. The van der Waals surface area contributed by atoms with E-state index in [9.17, 15) is 14.0 Å². The Hall–Kier alpha value is -2.35. The standard InChI is InChI=1S/C25H31Cl2FN4O2/c1-17-15-32(18(2)14-30(17)16-19-3-9-22(28)10-4-19)24(33)13-23(31(12-11-26)25(29)34)20-5-7-21(27)8-6-20/h3-10,17-18,23H,11-16H2,1-2H3,(H2,29,34)/t17-,18+,23?/m1/s1. The Labute approximate surface area is 210 Å². The lowest BCUT2D eigenvalue weighted by Crippen LogP contribution is -2.58. The van der Waals surface area contributed by atoms with Crippen molar-refractivity contribution >= 4 is 35.1 Å². The third-order valence-electron chi connectivity index (χ3n) is 6.34. The molecule has 2 N–H and O–H groups in total. The van der Waals surface area contributed by atoms with Gasteiger partial charge in [0.05, 0.1) is 12.5 Å². The summed E-state index contributed by atoms with van der Waals surface area (Å²) in [7, 11) is 0. The highest BCUT2D eigenvalue weighted by atomic mass is 35.5. The van der Waals surface area contributed by atoms with Gasteiger partial charge in [0.15, 0.2) is 0 Å². The molecule has 2 aromatic rings. The Morgan fingerprint density at radius 2 is 1.74 bits per heavy atom. The summed E-state index contributed by atoms with van der Waals surface area (Å²) in [6.07, 6.45) is 0.0937. The summed E-state index contributed by atoms with van der Waals surface area (Å²) in [5.41, 5.74) is 7.45. The molecule has 3 rings (SSSR count). The van der Waals surface area contributed by atoms with Gasteiger partial charge >= 0.3 is 6.03 Å². The van der Waals surface area contributed by atoms with Crippen LogP contribution in [0.3, 0.4) is 0 Å². The predicted octanol–water partition coefficient (Wildman–Crippen LogP) is 4.65. The first-order valence-electron chi connectivity index (χ1n) is 11.3. The number of nitrogens with two attached hydrogens (primary N) is 1. The minimum absolute atomic E-state index is 0.0231. The molecular formula is C25H31Cl2FN4O2. The van der Waals surface area contributed by atoms with E-state index in [0.717, 1.165) is 11.1 Å². The van der Waals surface area contributed by atoms with Gasteiger partial charge in [-0.25, -0.2) is 9.18 Å². The number of benzene rings is 2. The van der Waals surface area contributed by atoms with E-state index in [0.29, 0.717) is 24.7 Å². The molecule has 1 aliphatic heterocycles. The molecule has 1 fully saturated rings. The highest BCUT2D eigenvalue weighted by molar-refractivity contribution is 6.30. The van der Waals surface area contributed by atoms with Crippen molar-refractivity contribution in [1.29, 1.82) is 0 Å². The van der Waals surface area contributed by atoms with E-state index < -0.39 is 12.1 Å². The van der Waals surface area contributed by atoms with E-state index in [2.05, 4.69) is 11.8 Å². The number of alkyl halides is 1. The largest absolute Gasteiger partial charge is 0.351 e. The summed E-state index contributed by atoms with van der Waals surface area (Å²) < 4.78 is 13.2. The molecule has 1 unspecified atom stereocenters. The molecule has 1 heterocycles. The van der Waals surface area contributed by atoms with Crippen molar-refractivity contribution in [1.82, 2.24) is 14.7 Å². The number of rotatable bonds is 8. The number of carbonyl (C=O) groups is 2. The lowest BCUT2D eigenvalue weighted by Gasteiger charge is -2.45. The van der Waals surface area contributed by atoms with Crippen molar-refractivity contribution in [3.05, 3.63) is 70.5 Å². The fourth-order valence-corrected chi connectivity index (χ4v) is 4.78. The summed E-state index contributed by atoms with van der Waals surface area (Å²) >= 11 is 12.0. The normalized spacial score (nSPS) is 19.6. The Morgan fingerprint density at radius 3 is 2.32 bits per heavy atom. The van der Waals surface area contributed by atoms with Crippen molar-refractivity contribution in [2.24, 2.45) is 5.73 Å². The van der Waals surface area contributed by atoms with Gasteiger partial charge in [-0.3, -0.25) is 9.69 Å². The number of nitrogens with zero attached hydrogens (tertiary/aromatic N) is 3. The van der Waals surface area contributed by atoms with Crippen LogP contribution in [0.5, 0.6) is 0 Å². The second kappa shape index (κ2) is 11.9. The maximum atomic E-state index is 13.5. The van der Waals surface area contributed by atoms with E-state index in [1.165, 1.54) is 17.0 Å². The highest BCUT2D eigenvalue weighted by Gasteiger charge is 2.34. The number of urea groups is 1. The molecule has 1 aliphatic rings. The van der Waals surface area contributed by atoms with E-state index in [1.54, 1.807) is 36.4 Å². The van der Waals surface area contributed by atoms with Gasteiger partial charge in [-0.2, -0.15) is 0 Å². The maximum Gasteiger partial charge on any atom is 0.315 e. The van der Waals surface area contributed by atoms with E-state index in [-0.39, 0.29) is 42.7 Å². The second-order valence-electron chi connectivity index (χ2n) is 8.79. The highest BCUT2D eigenvalue weighted by Crippen LogP contribution is 2.28. The predicted molar refractivity (Wildman–Crippen MR) is 133 cm³/mol. The van der Waals surface area contributed by atoms with Crippen molar-refractivity contribution in [2.75, 3.05) is 25.5 Å². The lowest BCUT2D eigenvalue weighted by atomic mass is 9.99. The van der Waals surface area contributed by atoms with Gasteiger partial charge in [-0.05, 0) is 49.2 Å². The van der Waals surface area contributed by atoms with Gasteiger partial charge in [0, 0.05) is 49.2 Å². The van der Waals surface area contributed by atoms with Crippen LogP contribution in [0.25, 0.3) is 0 Å². The van der Waals surface area contributed by atoms with Crippen molar-refractivity contribution < 1.29 is 14.0 Å². The molecule has 0 saturated carbocycles. The number of piperazine rings is 1. The molecule has 0 aliphatic carbocycles. The van der Waals surface area contributed by atoms with Crippen LogP contribution >= 0.6 is 23.2 Å². The zero-order chi connectivity index (χ0) is 24.8. The first kappa shape index (κ1) is 26.3. The Kier molecular flexibility index (Phi) is 9.17. The smallest absolute Gasteiger partial charge is 0.315 e. The fourth-order valence-electron chi connectivity index (χ4n) is 4.48. The number of primary amides is 1. The van der Waals surface area contributed by atoms with Crippen LogP contribution in [-0.2, 0) is 11.3 Å². The third-order valence-corrected chi connectivity index (χ3v) is 6.76. The molecule has 1 saturated heterocycles. The molecule has 0 aromatic heterocycles. The van der Waals surface area contributed by atoms with Crippen LogP contribution in [0.4, 0.5) is 9.18 Å². The molecule has 0 spiro atoms. The van der Waals surface area contributed by atoms with Gasteiger partial charge in [0.25, 0.3) is 0 Å². The van der Waals surface area contributed by atoms with E-state index in [1.807, 2.05) is 11.8 Å². The van der Waals surface area contributed by atoms with Crippen LogP contribution < -0.4 is 5.73 Å². The molecule has 9 heteroatoms. The Morgan fingerprint density at radius 1 is 1.09 bits per heavy atom. The number of hydrogen-bond donors (Lipinski definition) is 1. The van der Waals surface area contributed by atoms with Crippen LogP contribution in [-0.4, -0.2) is 64.2 Å². The molecule has 3 amide bonds. The van der Waals surface area contributed by atoms with Gasteiger partial charge in [-0.15, -0.1) is 11.6 Å². The zero-order valence-corrected chi connectivity index (χ0v) is 21.0. The number of halogens is 3. The molecule has 0 bridgehead atoms. The van der Waals surface area contributed by atoms with Crippen molar-refractivity contribution in [3.63, 3.8) is 0 Å².